The van der Waals surface area contributed by atoms with E-state index >= 15 is 0 Å². The van der Waals surface area contributed by atoms with Crippen molar-refractivity contribution < 1.29 is 13.2 Å². The Labute approximate surface area is 179 Å². The van der Waals surface area contributed by atoms with Crippen LogP contribution in [-0.4, -0.2) is 36.9 Å². The lowest BCUT2D eigenvalue weighted by molar-refractivity contribution is -0.124. The standard InChI is InChI=1S/C22H21N3O3S2/c26-22(19-13-7-15-25(19)30(27,28)20-14-8-16-29-20)24-23-21(17-9-3-1-4-10-17)18-11-5-2-6-12-18/h1-6,8-12,14,16,19H,7,13,15H2,(H,24,26). The van der Waals surface area contributed by atoms with Crippen LogP contribution in [0.3, 0.4) is 0 Å². The largest absolute Gasteiger partial charge is 0.271 e. The number of benzene rings is 2. The van der Waals surface area contributed by atoms with Gasteiger partial charge in [-0.05, 0) is 24.3 Å². The number of hydrogen-bond acceptors (Lipinski definition) is 5. The number of nitrogens with one attached hydrogen (secondary N) is 1. The van der Waals surface area contributed by atoms with Crippen molar-refractivity contribution in [3.05, 3.63) is 89.3 Å². The number of thiophene rings is 1. The van der Waals surface area contributed by atoms with Gasteiger partial charge < -0.3 is 0 Å². The van der Waals surface area contributed by atoms with Crippen LogP contribution in [0.4, 0.5) is 0 Å². The molecule has 0 spiro atoms. The second-order valence-electron chi connectivity index (χ2n) is 6.87. The van der Waals surface area contributed by atoms with Crippen LogP contribution in [0, 0.1) is 0 Å². The molecule has 6 nitrogen and oxygen atoms in total. The normalized spacial score (nSPS) is 16.9. The minimum absolute atomic E-state index is 0.250. The summed E-state index contributed by atoms with van der Waals surface area (Å²) >= 11 is 1.15. The molecule has 1 aliphatic rings. The van der Waals surface area contributed by atoms with Gasteiger partial charge in [-0.15, -0.1) is 11.3 Å². The highest BCUT2D eigenvalue weighted by Crippen LogP contribution is 2.28. The highest BCUT2D eigenvalue weighted by atomic mass is 32.2. The molecule has 1 atom stereocenters. The third-order valence-electron chi connectivity index (χ3n) is 4.94. The van der Waals surface area contributed by atoms with Crippen LogP contribution in [0.25, 0.3) is 0 Å². The van der Waals surface area contributed by atoms with Gasteiger partial charge in [0.2, 0.25) is 0 Å². The summed E-state index contributed by atoms with van der Waals surface area (Å²) in [5, 5.41) is 6.10. The molecule has 1 N–H and O–H groups in total. The van der Waals surface area contributed by atoms with Crippen LogP contribution in [0.2, 0.25) is 0 Å². The molecular formula is C22H21N3O3S2. The SMILES string of the molecule is O=C(NN=C(c1ccccc1)c1ccccc1)C1CCCN1S(=O)(=O)c1cccs1. The van der Waals surface area contributed by atoms with Crippen molar-refractivity contribution >= 4 is 33.0 Å². The van der Waals surface area contributed by atoms with E-state index in [2.05, 4.69) is 10.5 Å². The maximum Gasteiger partial charge on any atom is 0.258 e. The minimum Gasteiger partial charge on any atom is -0.271 e. The zero-order valence-corrected chi connectivity index (χ0v) is 17.8. The number of hydrazone groups is 1. The van der Waals surface area contributed by atoms with E-state index in [0.29, 0.717) is 25.1 Å². The molecule has 0 saturated carbocycles. The van der Waals surface area contributed by atoms with Gasteiger partial charge in [0.15, 0.2) is 0 Å². The number of rotatable bonds is 6. The van der Waals surface area contributed by atoms with Crippen LogP contribution >= 0.6 is 11.3 Å². The third-order valence-corrected chi connectivity index (χ3v) is 8.22. The van der Waals surface area contributed by atoms with Crippen LogP contribution in [0.5, 0.6) is 0 Å². The Bertz CT molecular complexity index is 1090. The number of sulfonamides is 1. The highest BCUT2D eigenvalue weighted by Gasteiger charge is 2.39. The first-order valence-corrected chi connectivity index (χ1v) is 11.9. The summed E-state index contributed by atoms with van der Waals surface area (Å²) in [4.78, 5) is 12.9. The predicted octanol–water partition coefficient (Wildman–Crippen LogP) is 3.47. The summed E-state index contributed by atoms with van der Waals surface area (Å²) in [5.74, 6) is -0.419. The lowest BCUT2D eigenvalue weighted by Gasteiger charge is -2.22. The van der Waals surface area contributed by atoms with Gasteiger partial charge in [-0.2, -0.15) is 9.41 Å². The smallest absolute Gasteiger partial charge is 0.258 e. The van der Waals surface area contributed by atoms with Gasteiger partial charge in [0.1, 0.15) is 10.3 Å². The van der Waals surface area contributed by atoms with Crippen molar-refractivity contribution in [2.75, 3.05) is 6.54 Å². The first-order valence-electron chi connectivity index (χ1n) is 9.61. The van der Waals surface area contributed by atoms with E-state index in [9.17, 15) is 13.2 Å². The fourth-order valence-electron chi connectivity index (χ4n) is 3.49. The monoisotopic (exact) mass is 439 g/mol. The summed E-state index contributed by atoms with van der Waals surface area (Å²) in [6.45, 7) is 0.326. The molecule has 154 valence electrons. The van der Waals surface area contributed by atoms with E-state index in [4.69, 9.17) is 0 Å². The van der Waals surface area contributed by atoms with Gasteiger partial charge in [-0.3, -0.25) is 4.79 Å². The van der Waals surface area contributed by atoms with Gasteiger partial charge in [0.25, 0.3) is 15.9 Å². The van der Waals surface area contributed by atoms with Crippen molar-refractivity contribution in [3.63, 3.8) is 0 Å². The van der Waals surface area contributed by atoms with E-state index in [0.717, 1.165) is 22.5 Å². The Hall–Kier alpha value is -2.81. The van der Waals surface area contributed by atoms with Crippen molar-refractivity contribution in [1.82, 2.24) is 9.73 Å². The van der Waals surface area contributed by atoms with Gasteiger partial charge in [-0.25, -0.2) is 13.8 Å². The van der Waals surface area contributed by atoms with Gasteiger partial charge in [-0.1, -0.05) is 66.7 Å². The minimum atomic E-state index is -3.69. The topological polar surface area (TPSA) is 78.8 Å². The molecule has 2 aromatic carbocycles. The van der Waals surface area contributed by atoms with E-state index in [1.165, 1.54) is 4.31 Å². The number of hydrogen-bond donors (Lipinski definition) is 1. The summed E-state index contributed by atoms with van der Waals surface area (Å²) in [6.07, 6.45) is 1.11. The third kappa shape index (κ3) is 4.21. The van der Waals surface area contributed by atoms with E-state index in [-0.39, 0.29) is 4.21 Å². The molecule has 0 aliphatic carbocycles. The first kappa shape index (κ1) is 20.5. The predicted molar refractivity (Wildman–Crippen MR) is 118 cm³/mol. The van der Waals surface area contributed by atoms with Crippen LogP contribution in [0.1, 0.15) is 24.0 Å². The molecule has 8 heteroatoms. The molecule has 1 unspecified atom stereocenters. The molecule has 2 heterocycles. The molecule has 1 aromatic heterocycles. The van der Waals surface area contributed by atoms with Crippen LogP contribution < -0.4 is 5.43 Å². The molecule has 1 aliphatic heterocycles. The fourth-order valence-corrected chi connectivity index (χ4v) is 6.26. The summed E-state index contributed by atoms with van der Waals surface area (Å²) in [5.41, 5.74) is 4.96. The average molecular weight is 440 g/mol. The maximum absolute atomic E-state index is 12.9. The molecule has 1 amide bonds. The molecule has 1 fully saturated rings. The van der Waals surface area contributed by atoms with Gasteiger partial charge in [0, 0.05) is 17.7 Å². The summed E-state index contributed by atoms with van der Waals surface area (Å²) < 4.78 is 27.4. The Morgan fingerprint density at radius 1 is 0.967 bits per heavy atom. The molecule has 0 radical (unpaired) electrons. The fraction of sp³-hybridized carbons (Fsp3) is 0.182. The molecule has 4 rings (SSSR count). The molecule has 0 bridgehead atoms. The molecule has 30 heavy (non-hydrogen) atoms. The molecule has 3 aromatic rings. The van der Waals surface area contributed by atoms with Crippen LogP contribution in [0.15, 0.2) is 87.5 Å². The lowest BCUT2D eigenvalue weighted by atomic mass is 10.0. The summed E-state index contributed by atoms with van der Waals surface area (Å²) in [6, 6.07) is 21.6. The number of amides is 1. The lowest BCUT2D eigenvalue weighted by Crippen LogP contribution is -2.44. The second-order valence-corrected chi connectivity index (χ2v) is 9.94. The molecular weight excluding hydrogens is 418 g/mol. The Kier molecular flexibility index (Phi) is 6.08. The zero-order chi connectivity index (χ0) is 21.0. The van der Waals surface area contributed by atoms with Crippen LogP contribution in [-0.2, 0) is 14.8 Å². The quantitative estimate of drug-likeness (QED) is 0.472. The Morgan fingerprint density at radius 3 is 2.17 bits per heavy atom. The number of carbonyl (C=O) groups excluding carboxylic acids is 1. The van der Waals surface area contributed by atoms with Crippen molar-refractivity contribution in [1.29, 1.82) is 0 Å². The van der Waals surface area contributed by atoms with Gasteiger partial charge >= 0.3 is 0 Å². The first-order chi connectivity index (χ1) is 14.6. The summed E-state index contributed by atoms with van der Waals surface area (Å²) in [7, 11) is -3.69. The highest BCUT2D eigenvalue weighted by molar-refractivity contribution is 7.91. The Morgan fingerprint density at radius 2 is 1.60 bits per heavy atom. The molecule has 1 saturated heterocycles. The Balaban J connectivity index is 1.59. The number of carbonyl (C=O) groups is 1. The van der Waals surface area contributed by atoms with E-state index < -0.39 is 22.0 Å². The maximum atomic E-state index is 12.9. The van der Waals surface area contributed by atoms with Gasteiger partial charge in [0.05, 0.1) is 5.71 Å². The van der Waals surface area contributed by atoms with Crippen molar-refractivity contribution in [2.45, 2.75) is 23.1 Å². The number of nitrogens with zero attached hydrogens (tertiary/aromatic N) is 2. The average Bonchev–Trinajstić information content (AvgIpc) is 3.48. The van der Waals surface area contributed by atoms with E-state index in [1.54, 1.807) is 17.5 Å². The zero-order valence-electron chi connectivity index (χ0n) is 16.1. The van der Waals surface area contributed by atoms with Crippen molar-refractivity contribution in [2.24, 2.45) is 5.10 Å². The van der Waals surface area contributed by atoms with Crippen molar-refractivity contribution in [3.8, 4) is 0 Å². The van der Waals surface area contributed by atoms with E-state index in [1.807, 2.05) is 60.7 Å². The second kappa shape index (κ2) is 8.91.